The molecule has 0 spiro atoms. The van der Waals surface area contributed by atoms with Crippen molar-refractivity contribution in [2.24, 2.45) is 11.8 Å². The zero-order valence-corrected chi connectivity index (χ0v) is 23.0. The van der Waals surface area contributed by atoms with E-state index in [1.54, 1.807) is 4.57 Å². The second-order valence-corrected chi connectivity index (χ2v) is 11.6. The molecule has 2 heterocycles. The highest BCUT2D eigenvalue weighted by atomic mass is 35.5. The number of carbonyl (C=O) groups is 2. The molecule has 9 heteroatoms. The highest BCUT2D eigenvalue weighted by molar-refractivity contribution is 7.99. The van der Waals surface area contributed by atoms with Crippen LogP contribution in [0.3, 0.4) is 0 Å². The maximum absolute atomic E-state index is 13.5. The molecule has 7 nitrogen and oxygen atoms in total. The van der Waals surface area contributed by atoms with Crippen LogP contribution in [0.1, 0.15) is 44.1 Å². The maximum Gasteiger partial charge on any atom is 0.262 e. The van der Waals surface area contributed by atoms with Crippen LogP contribution in [0.4, 0.5) is 0 Å². The Morgan fingerprint density at radius 1 is 1.00 bits per heavy atom. The van der Waals surface area contributed by atoms with E-state index in [-0.39, 0.29) is 35.0 Å². The molecule has 0 unspecified atom stereocenters. The van der Waals surface area contributed by atoms with Crippen molar-refractivity contribution in [2.45, 2.75) is 56.8 Å². The Labute approximate surface area is 232 Å². The zero-order valence-electron chi connectivity index (χ0n) is 21.4. The van der Waals surface area contributed by atoms with Gasteiger partial charge < -0.3 is 10.2 Å². The smallest absolute Gasteiger partial charge is 0.262 e. The number of para-hydroxylation sites is 1. The van der Waals surface area contributed by atoms with E-state index in [4.69, 9.17) is 16.6 Å². The van der Waals surface area contributed by atoms with Gasteiger partial charge in [0.2, 0.25) is 11.8 Å². The summed E-state index contributed by atoms with van der Waals surface area (Å²) in [5, 5.41) is 4.88. The molecule has 2 aromatic carbocycles. The number of hydrogen-bond acceptors (Lipinski definition) is 5. The summed E-state index contributed by atoms with van der Waals surface area (Å²) < 4.78 is 1.76. The Kier molecular flexibility index (Phi) is 8.69. The quantitative estimate of drug-likeness (QED) is 0.318. The van der Waals surface area contributed by atoms with Crippen LogP contribution in [0.2, 0.25) is 5.02 Å². The second kappa shape index (κ2) is 12.3. The van der Waals surface area contributed by atoms with Crippen molar-refractivity contribution < 1.29 is 9.59 Å². The lowest BCUT2D eigenvalue weighted by molar-refractivity contribution is -0.127. The van der Waals surface area contributed by atoms with Crippen LogP contribution in [0, 0.1) is 11.8 Å². The number of carbonyl (C=O) groups excluding carboxylic acids is 2. The van der Waals surface area contributed by atoms with Crippen molar-refractivity contribution in [3.8, 4) is 0 Å². The van der Waals surface area contributed by atoms with Gasteiger partial charge in [0.25, 0.3) is 5.56 Å². The van der Waals surface area contributed by atoms with E-state index in [1.807, 2.05) is 53.4 Å². The second-order valence-electron chi connectivity index (χ2n) is 10.2. The van der Waals surface area contributed by atoms with E-state index < -0.39 is 0 Å². The number of fused-ring (bicyclic) bond motifs is 1. The molecule has 1 aliphatic heterocycles. The van der Waals surface area contributed by atoms with Gasteiger partial charge in [-0.2, -0.15) is 0 Å². The van der Waals surface area contributed by atoms with Crippen LogP contribution in [-0.2, 0) is 22.7 Å². The summed E-state index contributed by atoms with van der Waals surface area (Å²) in [4.78, 5) is 45.6. The molecule has 0 radical (unpaired) electrons. The monoisotopic (exact) mass is 552 g/mol. The number of hydrogen-bond donors (Lipinski definition) is 1. The number of halogens is 1. The number of nitrogens with zero attached hydrogens (tertiary/aromatic N) is 3. The molecule has 5 rings (SSSR count). The number of benzene rings is 2. The molecule has 2 amide bonds. The molecule has 38 heavy (non-hydrogen) atoms. The summed E-state index contributed by atoms with van der Waals surface area (Å²) in [6.07, 6.45) is 5.39. The summed E-state index contributed by atoms with van der Waals surface area (Å²) in [6.45, 7) is 2.59. The molecule has 1 saturated carbocycles. The topological polar surface area (TPSA) is 84.3 Å². The first-order chi connectivity index (χ1) is 18.5. The van der Waals surface area contributed by atoms with Gasteiger partial charge in [0.1, 0.15) is 0 Å². The van der Waals surface area contributed by atoms with Crippen molar-refractivity contribution in [1.82, 2.24) is 19.8 Å². The number of likely N-dealkylation sites (tertiary alicyclic amines) is 1. The van der Waals surface area contributed by atoms with Crippen LogP contribution in [-0.4, -0.2) is 45.1 Å². The summed E-state index contributed by atoms with van der Waals surface area (Å²) >= 11 is 7.57. The van der Waals surface area contributed by atoms with Crippen molar-refractivity contribution >= 4 is 46.1 Å². The SMILES string of the molecule is O=C(NCc1ccccc1Cl)C1CCC(Cn2c(SCC(=O)N3CCCC3)nc3ccccc3c2=O)CC1. The normalized spacial score (nSPS) is 19.6. The lowest BCUT2D eigenvalue weighted by Crippen LogP contribution is -2.34. The first kappa shape index (κ1) is 26.8. The maximum atomic E-state index is 13.5. The van der Waals surface area contributed by atoms with Crippen LogP contribution >= 0.6 is 23.4 Å². The molecular weight excluding hydrogens is 520 g/mol. The van der Waals surface area contributed by atoms with Crippen LogP contribution in [0.15, 0.2) is 58.5 Å². The summed E-state index contributed by atoms with van der Waals surface area (Å²) in [5.41, 5.74) is 1.50. The molecule has 2 aliphatic rings. The molecular formula is C29H33ClN4O3S. The van der Waals surface area contributed by atoms with E-state index in [0.29, 0.717) is 34.2 Å². The fraction of sp³-hybridized carbons (Fsp3) is 0.448. The summed E-state index contributed by atoms with van der Waals surface area (Å²) in [7, 11) is 0. The van der Waals surface area contributed by atoms with Gasteiger partial charge >= 0.3 is 0 Å². The number of thioether (sulfide) groups is 1. The number of amides is 2. The standard InChI is InChI=1S/C29H33ClN4O3S/c30-24-9-3-1-7-22(24)17-31-27(36)21-13-11-20(12-14-21)18-34-28(37)23-8-2-4-10-25(23)32-29(34)38-19-26(35)33-15-5-6-16-33/h1-4,7-10,20-21H,5-6,11-19H2,(H,31,36). The van der Waals surface area contributed by atoms with Gasteiger partial charge in [0.15, 0.2) is 5.16 Å². The molecule has 1 saturated heterocycles. The average molecular weight is 553 g/mol. The average Bonchev–Trinajstić information content (AvgIpc) is 3.49. The van der Waals surface area contributed by atoms with E-state index in [0.717, 1.165) is 57.2 Å². The lowest BCUT2D eigenvalue weighted by atomic mass is 9.81. The third-order valence-corrected chi connectivity index (χ3v) is 9.01. The summed E-state index contributed by atoms with van der Waals surface area (Å²) in [5.74, 6) is 0.682. The largest absolute Gasteiger partial charge is 0.352 e. The van der Waals surface area contributed by atoms with Crippen molar-refractivity contribution in [3.05, 3.63) is 69.5 Å². The van der Waals surface area contributed by atoms with Crippen LogP contribution in [0.5, 0.6) is 0 Å². The Bertz CT molecular complexity index is 1360. The minimum atomic E-state index is -0.0636. The minimum Gasteiger partial charge on any atom is -0.352 e. The van der Waals surface area contributed by atoms with E-state index in [1.165, 1.54) is 11.8 Å². The van der Waals surface area contributed by atoms with Gasteiger partial charge in [-0.25, -0.2) is 4.98 Å². The fourth-order valence-electron chi connectivity index (χ4n) is 5.44. The van der Waals surface area contributed by atoms with Gasteiger partial charge in [-0.15, -0.1) is 0 Å². The van der Waals surface area contributed by atoms with Crippen molar-refractivity contribution in [1.29, 1.82) is 0 Å². The Balaban J connectivity index is 1.23. The Hall–Kier alpha value is -2.84. The molecule has 3 aromatic rings. The Morgan fingerprint density at radius 2 is 1.71 bits per heavy atom. The van der Waals surface area contributed by atoms with Crippen molar-refractivity contribution in [3.63, 3.8) is 0 Å². The molecule has 0 bridgehead atoms. The molecule has 2 fully saturated rings. The van der Waals surface area contributed by atoms with Crippen molar-refractivity contribution in [2.75, 3.05) is 18.8 Å². The van der Waals surface area contributed by atoms with Gasteiger partial charge in [0.05, 0.1) is 16.7 Å². The van der Waals surface area contributed by atoms with E-state index in [2.05, 4.69) is 5.32 Å². The van der Waals surface area contributed by atoms with Gasteiger partial charge in [-0.1, -0.05) is 53.7 Å². The third kappa shape index (κ3) is 6.24. The first-order valence-electron chi connectivity index (χ1n) is 13.4. The molecule has 1 aromatic heterocycles. The molecule has 1 aliphatic carbocycles. The van der Waals surface area contributed by atoms with E-state index in [9.17, 15) is 14.4 Å². The van der Waals surface area contributed by atoms with Crippen LogP contribution in [0.25, 0.3) is 10.9 Å². The fourth-order valence-corrected chi connectivity index (χ4v) is 6.55. The minimum absolute atomic E-state index is 0.0351. The zero-order chi connectivity index (χ0) is 26.5. The number of rotatable bonds is 8. The third-order valence-electron chi connectivity index (χ3n) is 7.68. The predicted octanol–water partition coefficient (Wildman–Crippen LogP) is 4.89. The van der Waals surface area contributed by atoms with Crippen LogP contribution < -0.4 is 10.9 Å². The van der Waals surface area contributed by atoms with Gasteiger partial charge in [-0.3, -0.25) is 19.0 Å². The molecule has 0 atom stereocenters. The Morgan fingerprint density at radius 3 is 2.47 bits per heavy atom. The highest BCUT2D eigenvalue weighted by Crippen LogP contribution is 2.31. The summed E-state index contributed by atoms with van der Waals surface area (Å²) in [6, 6.07) is 14.9. The molecule has 1 N–H and O–H groups in total. The predicted molar refractivity (Wildman–Crippen MR) is 151 cm³/mol. The molecule has 200 valence electrons. The first-order valence-corrected chi connectivity index (χ1v) is 14.8. The highest BCUT2D eigenvalue weighted by Gasteiger charge is 2.28. The number of aromatic nitrogens is 2. The number of nitrogens with one attached hydrogen (secondary N) is 1. The van der Waals surface area contributed by atoms with Gasteiger partial charge in [-0.05, 0) is 68.2 Å². The van der Waals surface area contributed by atoms with Gasteiger partial charge in [0, 0.05) is 37.1 Å². The van der Waals surface area contributed by atoms with E-state index >= 15 is 0 Å². The lowest BCUT2D eigenvalue weighted by Gasteiger charge is -2.29.